The van der Waals surface area contributed by atoms with Crippen LogP contribution in [0, 0.1) is 0 Å². The first-order valence-corrected chi connectivity index (χ1v) is 16.2. The topological polar surface area (TPSA) is 26.3 Å². The number of esters is 1. The van der Waals surface area contributed by atoms with Gasteiger partial charge in [0.2, 0.25) is 0 Å². The van der Waals surface area contributed by atoms with Crippen molar-refractivity contribution in [3.05, 3.63) is 12.7 Å². The van der Waals surface area contributed by atoms with Crippen LogP contribution < -0.4 is 0 Å². The smallest absolute Gasteiger partial charge is 0.330 e. The first kappa shape index (κ1) is 27.7. The van der Waals surface area contributed by atoms with E-state index in [4.69, 9.17) is 15.8 Å². The maximum atomic E-state index is 10.9. The number of carbonyl (C=O) groups excluding carboxylic acids is 1. The minimum Gasteiger partial charge on any atom is -0.463 e. The Bertz CT molecular complexity index is 366. The highest BCUT2D eigenvalue weighted by molar-refractivity contribution is 7.19. The number of hydrogen-bond acceptors (Lipinski definition) is 2. The second kappa shape index (κ2) is 20.0. The van der Waals surface area contributed by atoms with Crippen LogP contribution in [-0.2, 0) is 9.53 Å². The maximum absolute atomic E-state index is 10.9. The van der Waals surface area contributed by atoms with Gasteiger partial charge in [0.1, 0.15) is 7.38 Å². The lowest BCUT2D eigenvalue weighted by atomic mass is 10.0. The molecule has 0 unspecified atom stereocenters. The molecule has 0 aromatic rings. The van der Waals surface area contributed by atoms with Crippen molar-refractivity contribution in [1.82, 2.24) is 0 Å². The molecular formula is C24H47ClO2Si. The Kier molecular flexibility index (Phi) is 19.8. The summed E-state index contributed by atoms with van der Waals surface area (Å²) < 4.78 is 4.97. The molecule has 0 heterocycles. The monoisotopic (exact) mass is 430 g/mol. The van der Waals surface area contributed by atoms with Gasteiger partial charge in [0.05, 0.1) is 6.61 Å². The summed E-state index contributed by atoms with van der Waals surface area (Å²) in [7, 11) is -1.32. The van der Waals surface area contributed by atoms with Crippen molar-refractivity contribution < 1.29 is 9.53 Å². The van der Waals surface area contributed by atoms with Crippen molar-refractivity contribution in [3.63, 3.8) is 0 Å². The average Bonchev–Trinajstić information content (AvgIpc) is 2.65. The molecule has 28 heavy (non-hydrogen) atoms. The van der Waals surface area contributed by atoms with Crippen LogP contribution in [-0.4, -0.2) is 20.0 Å². The van der Waals surface area contributed by atoms with Gasteiger partial charge in [0, 0.05) is 6.08 Å². The second-order valence-electron chi connectivity index (χ2n) is 8.85. The number of hydrogen-bond donors (Lipinski definition) is 0. The molecule has 0 saturated carbocycles. The molecule has 0 atom stereocenters. The number of ether oxygens (including phenoxy) is 1. The molecule has 0 rings (SSSR count). The molecule has 0 aliphatic carbocycles. The van der Waals surface area contributed by atoms with E-state index in [9.17, 15) is 4.79 Å². The van der Waals surface area contributed by atoms with Crippen LogP contribution in [0.1, 0.15) is 109 Å². The molecule has 0 aromatic carbocycles. The van der Waals surface area contributed by atoms with Gasteiger partial charge in [-0.1, -0.05) is 122 Å². The zero-order chi connectivity index (χ0) is 20.9. The molecule has 0 aliphatic rings. The third kappa shape index (κ3) is 23.8. The highest BCUT2D eigenvalue weighted by atomic mass is 35.6. The molecule has 0 aromatic heterocycles. The van der Waals surface area contributed by atoms with E-state index in [2.05, 4.69) is 19.7 Å². The van der Waals surface area contributed by atoms with Gasteiger partial charge >= 0.3 is 5.97 Å². The summed E-state index contributed by atoms with van der Waals surface area (Å²) in [6, 6.07) is 1.28. The summed E-state index contributed by atoms with van der Waals surface area (Å²) in [5.74, 6) is -0.302. The third-order valence-corrected chi connectivity index (χ3v) is 7.44. The Labute approximate surface area is 181 Å². The lowest BCUT2D eigenvalue weighted by molar-refractivity contribution is -0.137. The molecule has 0 fully saturated rings. The molecule has 0 radical (unpaired) electrons. The molecule has 0 spiro atoms. The molecular weight excluding hydrogens is 384 g/mol. The van der Waals surface area contributed by atoms with Gasteiger partial charge < -0.3 is 4.74 Å². The number of rotatable bonds is 21. The van der Waals surface area contributed by atoms with Crippen LogP contribution in [0.5, 0.6) is 0 Å². The van der Waals surface area contributed by atoms with Gasteiger partial charge in [0.25, 0.3) is 0 Å². The second-order valence-corrected chi connectivity index (χ2v) is 15.9. The Morgan fingerprint density at radius 2 is 1.04 bits per heavy atom. The van der Waals surface area contributed by atoms with E-state index in [0.29, 0.717) is 6.61 Å². The number of halogens is 1. The summed E-state index contributed by atoms with van der Waals surface area (Å²) in [5, 5.41) is 0. The molecule has 0 amide bonds. The van der Waals surface area contributed by atoms with Crippen LogP contribution in [0.15, 0.2) is 12.7 Å². The van der Waals surface area contributed by atoms with Gasteiger partial charge in [-0.25, -0.2) is 4.79 Å². The molecule has 0 aliphatic heterocycles. The van der Waals surface area contributed by atoms with E-state index in [1.54, 1.807) is 0 Å². The summed E-state index contributed by atoms with van der Waals surface area (Å²) in [6.07, 6.45) is 24.2. The first-order valence-electron chi connectivity index (χ1n) is 11.9. The van der Waals surface area contributed by atoms with Gasteiger partial charge in [-0.2, -0.15) is 11.1 Å². The average molecular weight is 431 g/mol. The molecule has 2 nitrogen and oxygen atoms in total. The predicted octanol–water partition coefficient (Wildman–Crippen LogP) is 8.79. The van der Waals surface area contributed by atoms with Crippen LogP contribution in [0.25, 0.3) is 0 Å². The van der Waals surface area contributed by atoms with Crippen molar-refractivity contribution in [2.45, 2.75) is 128 Å². The van der Waals surface area contributed by atoms with Crippen molar-refractivity contribution >= 4 is 24.4 Å². The van der Waals surface area contributed by atoms with Gasteiger partial charge in [-0.05, 0) is 12.5 Å². The van der Waals surface area contributed by atoms with Gasteiger partial charge in [-0.3, -0.25) is 0 Å². The van der Waals surface area contributed by atoms with Crippen LogP contribution >= 0.6 is 11.1 Å². The minimum atomic E-state index is -1.32. The Morgan fingerprint density at radius 1 is 0.714 bits per heavy atom. The molecule has 0 bridgehead atoms. The molecule has 0 saturated heterocycles. The largest absolute Gasteiger partial charge is 0.463 e. The molecule has 4 heteroatoms. The van der Waals surface area contributed by atoms with Gasteiger partial charge in [-0.15, -0.1) is 0 Å². The standard InChI is InChI=1S/C24H47ClO2Si/c1-4-24(26)27-22-20-18-16-14-12-10-8-6-5-7-9-11-13-15-17-19-21-23-28(2,3)25/h4H,1,5-23H2,2-3H3. The lowest BCUT2D eigenvalue weighted by Crippen LogP contribution is -2.14. The maximum Gasteiger partial charge on any atom is 0.330 e. The summed E-state index contributed by atoms with van der Waals surface area (Å²) in [5.41, 5.74) is 0. The first-order chi connectivity index (χ1) is 13.5. The Morgan fingerprint density at radius 3 is 1.36 bits per heavy atom. The highest BCUT2D eigenvalue weighted by Gasteiger charge is 2.15. The molecule has 0 N–H and O–H groups in total. The SMILES string of the molecule is C=CC(=O)OCCCCCCCCCCCCCCCCCCC[Si](C)(C)Cl. The lowest BCUT2D eigenvalue weighted by Gasteiger charge is -2.11. The van der Waals surface area contributed by atoms with Crippen LogP contribution in [0.4, 0.5) is 0 Å². The normalized spacial score (nSPS) is 11.5. The fourth-order valence-corrected chi connectivity index (χ4v) is 5.02. The number of unbranched alkanes of at least 4 members (excludes halogenated alkanes) is 16. The van der Waals surface area contributed by atoms with Crippen LogP contribution in [0.2, 0.25) is 19.1 Å². The summed E-state index contributed by atoms with van der Waals surface area (Å²) in [6.45, 7) is 8.44. The van der Waals surface area contributed by atoms with E-state index in [1.807, 2.05) is 0 Å². The fourth-order valence-electron chi connectivity index (χ4n) is 3.53. The van der Waals surface area contributed by atoms with Crippen molar-refractivity contribution in [3.8, 4) is 0 Å². The van der Waals surface area contributed by atoms with E-state index in [0.717, 1.165) is 12.8 Å². The van der Waals surface area contributed by atoms with E-state index >= 15 is 0 Å². The summed E-state index contributed by atoms with van der Waals surface area (Å²) >= 11 is 6.35. The Hall–Kier alpha value is -0.283. The third-order valence-electron chi connectivity index (χ3n) is 5.33. The number of carbonyl (C=O) groups is 1. The van der Waals surface area contributed by atoms with E-state index in [1.165, 1.54) is 108 Å². The van der Waals surface area contributed by atoms with Crippen molar-refractivity contribution in [2.24, 2.45) is 0 Å². The quantitative estimate of drug-likeness (QED) is 0.0597. The van der Waals surface area contributed by atoms with E-state index in [-0.39, 0.29) is 5.97 Å². The van der Waals surface area contributed by atoms with E-state index < -0.39 is 7.38 Å². The Balaban J connectivity index is 3.07. The zero-order valence-electron chi connectivity index (χ0n) is 18.9. The van der Waals surface area contributed by atoms with Gasteiger partial charge in [0.15, 0.2) is 0 Å². The van der Waals surface area contributed by atoms with Crippen molar-refractivity contribution in [2.75, 3.05) is 6.61 Å². The predicted molar refractivity (Wildman–Crippen MR) is 128 cm³/mol. The summed E-state index contributed by atoms with van der Waals surface area (Å²) in [4.78, 5) is 10.9. The molecule has 166 valence electrons. The minimum absolute atomic E-state index is 0.302. The van der Waals surface area contributed by atoms with Crippen molar-refractivity contribution in [1.29, 1.82) is 0 Å². The highest BCUT2D eigenvalue weighted by Crippen LogP contribution is 2.19. The fraction of sp³-hybridized carbons (Fsp3) is 0.875. The van der Waals surface area contributed by atoms with Crippen LogP contribution in [0.3, 0.4) is 0 Å². The zero-order valence-corrected chi connectivity index (χ0v) is 20.7.